The Balaban J connectivity index is 1.90. The van der Waals surface area contributed by atoms with Gasteiger partial charge in [0.25, 0.3) is 10.0 Å². The maximum Gasteiger partial charge on any atom is 0.260 e. The summed E-state index contributed by atoms with van der Waals surface area (Å²) in [4.78, 5) is 4.64. The van der Waals surface area contributed by atoms with Crippen molar-refractivity contribution in [2.75, 3.05) is 24.3 Å². The van der Waals surface area contributed by atoms with Gasteiger partial charge in [-0.3, -0.25) is 4.40 Å². The van der Waals surface area contributed by atoms with Crippen molar-refractivity contribution in [1.82, 2.24) is 14.1 Å². The minimum atomic E-state index is -3.61. The molecule has 2 rings (SSSR count). The van der Waals surface area contributed by atoms with Gasteiger partial charge in [0.15, 0.2) is 15.8 Å². The van der Waals surface area contributed by atoms with Gasteiger partial charge in [-0.25, -0.2) is 18.1 Å². The van der Waals surface area contributed by atoms with Crippen molar-refractivity contribution in [3.63, 3.8) is 0 Å². The van der Waals surface area contributed by atoms with Crippen LogP contribution in [0.3, 0.4) is 0 Å². The van der Waals surface area contributed by atoms with E-state index in [1.807, 2.05) is 11.8 Å². The lowest BCUT2D eigenvalue weighted by molar-refractivity contribution is 0.570. The molecule has 0 bridgehead atoms. The standard InChI is InChI=1S/C12H20N4O2S3/c1-19-8-5-3-2-4-6-14-21(17,18)11-10(13)15-12-16(11)7-9-20-12/h7,9,14H,2-6,8,13H2,1H3. The van der Waals surface area contributed by atoms with E-state index in [2.05, 4.69) is 16.0 Å². The number of thioether (sulfide) groups is 1. The summed E-state index contributed by atoms with van der Waals surface area (Å²) in [6.07, 6.45) is 7.93. The maximum absolute atomic E-state index is 12.3. The van der Waals surface area contributed by atoms with Gasteiger partial charge in [0.1, 0.15) is 0 Å². The molecule has 0 aliphatic carbocycles. The second-order valence-electron chi connectivity index (χ2n) is 4.66. The Hall–Kier alpha value is -0.770. The molecule has 0 saturated carbocycles. The summed E-state index contributed by atoms with van der Waals surface area (Å²) in [7, 11) is -3.61. The van der Waals surface area contributed by atoms with Crippen LogP contribution in [-0.2, 0) is 10.0 Å². The van der Waals surface area contributed by atoms with Crippen LogP contribution >= 0.6 is 23.1 Å². The molecule has 0 fully saturated rings. The molecule has 0 atom stereocenters. The zero-order valence-electron chi connectivity index (χ0n) is 11.9. The zero-order chi connectivity index (χ0) is 15.3. The molecule has 0 spiro atoms. The monoisotopic (exact) mass is 348 g/mol. The van der Waals surface area contributed by atoms with Crippen LogP contribution in [0.15, 0.2) is 16.6 Å². The fourth-order valence-corrected chi connectivity index (χ4v) is 4.60. The molecule has 6 nitrogen and oxygen atoms in total. The number of hydrogen-bond acceptors (Lipinski definition) is 6. The van der Waals surface area contributed by atoms with E-state index in [0.717, 1.165) is 25.0 Å². The van der Waals surface area contributed by atoms with Crippen molar-refractivity contribution in [2.45, 2.75) is 30.7 Å². The fraction of sp³-hybridized carbons (Fsp3) is 0.583. The lowest BCUT2D eigenvalue weighted by Gasteiger charge is -2.06. The number of nitrogens with one attached hydrogen (secondary N) is 1. The zero-order valence-corrected chi connectivity index (χ0v) is 14.4. The summed E-state index contributed by atoms with van der Waals surface area (Å²) in [6, 6.07) is 0. The summed E-state index contributed by atoms with van der Waals surface area (Å²) < 4.78 is 28.7. The lowest BCUT2D eigenvalue weighted by atomic mass is 10.2. The fourth-order valence-electron chi connectivity index (χ4n) is 2.05. The van der Waals surface area contributed by atoms with E-state index in [1.54, 1.807) is 11.6 Å². The highest BCUT2D eigenvalue weighted by atomic mass is 32.2. The molecule has 118 valence electrons. The first-order valence-corrected chi connectivity index (χ1v) is 10.5. The molecule has 0 saturated heterocycles. The number of hydrogen-bond donors (Lipinski definition) is 2. The Bertz CT molecular complexity index is 678. The van der Waals surface area contributed by atoms with Crippen LogP contribution in [0, 0.1) is 0 Å². The summed E-state index contributed by atoms with van der Waals surface area (Å²) in [5.41, 5.74) is 5.72. The number of unbranched alkanes of at least 4 members (excludes halogenated alkanes) is 3. The van der Waals surface area contributed by atoms with E-state index in [9.17, 15) is 8.42 Å². The number of sulfonamides is 1. The van der Waals surface area contributed by atoms with Crippen molar-refractivity contribution in [3.05, 3.63) is 11.6 Å². The van der Waals surface area contributed by atoms with Gasteiger partial charge in [-0.15, -0.1) is 11.3 Å². The molecular formula is C12H20N4O2S3. The van der Waals surface area contributed by atoms with E-state index < -0.39 is 10.0 Å². The SMILES string of the molecule is CSCCCCCCNS(=O)(=O)c1c(N)nc2sccn12. The molecule has 0 unspecified atom stereocenters. The molecule has 21 heavy (non-hydrogen) atoms. The van der Waals surface area contributed by atoms with Crippen molar-refractivity contribution >= 4 is 43.9 Å². The average molecular weight is 349 g/mol. The van der Waals surface area contributed by atoms with Gasteiger partial charge in [0.2, 0.25) is 0 Å². The Morgan fingerprint density at radius 2 is 2.14 bits per heavy atom. The van der Waals surface area contributed by atoms with E-state index in [0.29, 0.717) is 11.5 Å². The molecule has 2 aromatic rings. The number of fused-ring (bicyclic) bond motifs is 1. The number of imidazole rings is 1. The van der Waals surface area contributed by atoms with Gasteiger partial charge < -0.3 is 5.73 Å². The molecule has 9 heteroatoms. The normalized spacial score (nSPS) is 12.2. The molecule has 0 aliphatic rings. The second-order valence-corrected chi connectivity index (χ2v) is 8.20. The Labute approximate surface area is 133 Å². The number of nitrogens with two attached hydrogens (primary N) is 1. The van der Waals surface area contributed by atoms with Crippen LogP contribution < -0.4 is 10.5 Å². The molecule has 3 N–H and O–H groups in total. The third kappa shape index (κ3) is 4.12. The predicted octanol–water partition coefficient (Wildman–Crippen LogP) is 2.18. The molecular weight excluding hydrogens is 328 g/mol. The van der Waals surface area contributed by atoms with Crippen molar-refractivity contribution < 1.29 is 8.42 Å². The molecule has 0 aliphatic heterocycles. The minimum absolute atomic E-state index is 0.0427. The topological polar surface area (TPSA) is 89.5 Å². The van der Waals surface area contributed by atoms with Crippen LogP contribution in [0.25, 0.3) is 4.96 Å². The number of aromatic nitrogens is 2. The highest BCUT2D eigenvalue weighted by Gasteiger charge is 2.23. The van der Waals surface area contributed by atoms with Gasteiger partial charge >= 0.3 is 0 Å². The van der Waals surface area contributed by atoms with Crippen LogP contribution in [0.1, 0.15) is 25.7 Å². The van der Waals surface area contributed by atoms with Crippen LogP contribution in [0.4, 0.5) is 5.82 Å². The lowest BCUT2D eigenvalue weighted by Crippen LogP contribution is -2.26. The highest BCUT2D eigenvalue weighted by molar-refractivity contribution is 7.98. The van der Waals surface area contributed by atoms with Crippen LogP contribution in [0.5, 0.6) is 0 Å². The number of nitrogen functional groups attached to an aromatic ring is 1. The van der Waals surface area contributed by atoms with Crippen molar-refractivity contribution in [3.8, 4) is 0 Å². The first-order chi connectivity index (χ1) is 10.1. The first kappa shape index (κ1) is 16.6. The third-order valence-corrected chi connectivity index (χ3v) is 6.02. The highest BCUT2D eigenvalue weighted by Crippen LogP contribution is 2.23. The Morgan fingerprint density at radius 1 is 1.38 bits per heavy atom. The largest absolute Gasteiger partial charge is 0.381 e. The summed E-state index contributed by atoms with van der Waals surface area (Å²) >= 11 is 3.19. The van der Waals surface area contributed by atoms with Gasteiger partial charge in [0.05, 0.1) is 0 Å². The Kier molecular flexibility index (Phi) is 5.91. The first-order valence-electron chi connectivity index (χ1n) is 6.76. The van der Waals surface area contributed by atoms with Crippen molar-refractivity contribution in [2.24, 2.45) is 0 Å². The summed E-state index contributed by atoms with van der Waals surface area (Å²) in [5, 5.41) is 1.83. The molecule has 2 heterocycles. The molecule has 0 amide bonds. The van der Waals surface area contributed by atoms with E-state index in [4.69, 9.17) is 5.73 Å². The van der Waals surface area contributed by atoms with Gasteiger partial charge in [-0.05, 0) is 24.9 Å². The quantitative estimate of drug-likeness (QED) is 0.678. The minimum Gasteiger partial charge on any atom is -0.381 e. The van der Waals surface area contributed by atoms with Gasteiger partial charge in [-0.1, -0.05) is 12.8 Å². The molecule has 0 radical (unpaired) electrons. The average Bonchev–Trinajstić information content (AvgIpc) is 2.96. The van der Waals surface area contributed by atoms with Crippen LogP contribution in [0.2, 0.25) is 0 Å². The third-order valence-electron chi connectivity index (χ3n) is 3.07. The number of nitrogens with zero attached hydrogens (tertiary/aromatic N) is 2. The van der Waals surface area contributed by atoms with E-state index in [-0.39, 0.29) is 10.8 Å². The smallest absolute Gasteiger partial charge is 0.260 e. The summed E-state index contributed by atoms with van der Waals surface area (Å²) in [6.45, 7) is 0.429. The Morgan fingerprint density at radius 3 is 2.90 bits per heavy atom. The predicted molar refractivity (Wildman–Crippen MR) is 89.5 cm³/mol. The van der Waals surface area contributed by atoms with Gasteiger partial charge in [-0.2, -0.15) is 11.8 Å². The number of thiazole rings is 1. The number of anilines is 1. The van der Waals surface area contributed by atoms with Gasteiger partial charge in [0, 0.05) is 18.1 Å². The second kappa shape index (κ2) is 7.48. The van der Waals surface area contributed by atoms with Crippen LogP contribution in [-0.4, -0.2) is 36.4 Å². The van der Waals surface area contributed by atoms with Crippen molar-refractivity contribution in [1.29, 1.82) is 0 Å². The maximum atomic E-state index is 12.3. The summed E-state index contributed by atoms with van der Waals surface area (Å²) in [5.74, 6) is 1.21. The van der Waals surface area contributed by atoms with E-state index >= 15 is 0 Å². The van der Waals surface area contributed by atoms with E-state index in [1.165, 1.54) is 22.2 Å². The number of rotatable bonds is 9. The molecule has 0 aromatic carbocycles. The molecule has 2 aromatic heterocycles.